The van der Waals surface area contributed by atoms with Gasteiger partial charge >= 0.3 is 0 Å². The Kier molecular flexibility index (Phi) is 4.66. The molecule has 1 aromatic heterocycles. The number of carbonyl (C=O) groups is 1. The molecule has 1 aromatic carbocycles. The lowest BCUT2D eigenvalue weighted by atomic mass is 9.92. The molecule has 5 nitrogen and oxygen atoms in total. The Morgan fingerprint density at radius 1 is 1.45 bits per heavy atom. The highest BCUT2D eigenvalue weighted by atomic mass is 16.3. The van der Waals surface area contributed by atoms with Crippen LogP contribution < -0.4 is 5.32 Å². The highest BCUT2D eigenvalue weighted by molar-refractivity contribution is 5.98. The average molecular weight is 301 g/mol. The van der Waals surface area contributed by atoms with E-state index in [9.17, 15) is 9.90 Å². The van der Waals surface area contributed by atoms with Gasteiger partial charge in [-0.15, -0.1) is 0 Å². The van der Waals surface area contributed by atoms with Gasteiger partial charge in [0, 0.05) is 18.9 Å². The summed E-state index contributed by atoms with van der Waals surface area (Å²) in [6.45, 7) is 7.73. The Balaban J connectivity index is 2.24. The Labute approximate surface area is 131 Å². The normalized spacial score (nSPS) is 13.9. The number of imidazole rings is 1. The predicted octanol–water partition coefficient (Wildman–Crippen LogP) is 2.32. The monoisotopic (exact) mass is 301 g/mol. The summed E-state index contributed by atoms with van der Waals surface area (Å²) >= 11 is 0. The molecule has 5 heteroatoms. The molecule has 0 aliphatic carbocycles. The van der Waals surface area contributed by atoms with E-state index >= 15 is 0 Å². The van der Waals surface area contributed by atoms with Gasteiger partial charge in [0.2, 0.25) is 0 Å². The third-order valence-electron chi connectivity index (χ3n) is 4.03. The third kappa shape index (κ3) is 3.54. The van der Waals surface area contributed by atoms with Gasteiger partial charge in [-0.25, -0.2) is 4.98 Å². The number of hydrogen-bond donors (Lipinski definition) is 2. The summed E-state index contributed by atoms with van der Waals surface area (Å²) in [5, 5.41) is 13.1. The smallest absolute Gasteiger partial charge is 0.253 e. The standard InChI is InChI=1S/C17H23N3O2/c1-12(2)17(4,22)10-19-16(21)14-9-13(3)5-6-15(14)20-8-7-18-11-20/h5-9,11-12,22H,10H2,1-4H3,(H,19,21). The maximum absolute atomic E-state index is 12.5. The Bertz CT molecular complexity index is 646. The van der Waals surface area contributed by atoms with Crippen LogP contribution in [0.3, 0.4) is 0 Å². The maximum Gasteiger partial charge on any atom is 0.253 e. The van der Waals surface area contributed by atoms with Gasteiger partial charge in [0.25, 0.3) is 5.91 Å². The van der Waals surface area contributed by atoms with Crippen LogP contribution in [0.5, 0.6) is 0 Å². The number of aliphatic hydroxyl groups is 1. The topological polar surface area (TPSA) is 67.2 Å². The van der Waals surface area contributed by atoms with E-state index in [1.807, 2.05) is 39.0 Å². The van der Waals surface area contributed by atoms with Crippen molar-refractivity contribution in [2.24, 2.45) is 5.92 Å². The SMILES string of the molecule is Cc1ccc(-n2ccnc2)c(C(=O)NCC(C)(O)C(C)C)c1. The van der Waals surface area contributed by atoms with Crippen LogP contribution in [0.25, 0.3) is 5.69 Å². The number of nitrogens with zero attached hydrogens (tertiary/aromatic N) is 2. The first kappa shape index (κ1) is 16.2. The van der Waals surface area contributed by atoms with E-state index in [-0.39, 0.29) is 18.4 Å². The van der Waals surface area contributed by atoms with Crippen molar-refractivity contribution in [3.63, 3.8) is 0 Å². The molecule has 118 valence electrons. The summed E-state index contributed by atoms with van der Waals surface area (Å²) in [7, 11) is 0. The van der Waals surface area contributed by atoms with E-state index in [2.05, 4.69) is 10.3 Å². The number of rotatable bonds is 5. The largest absolute Gasteiger partial charge is 0.388 e. The fourth-order valence-corrected chi connectivity index (χ4v) is 2.02. The minimum atomic E-state index is -0.936. The van der Waals surface area contributed by atoms with E-state index in [0.717, 1.165) is 11.3 Å². The van der Waals surface area contributed by atoms with Crippen molar-refractivity contribution in [3.05, 3.63) is 48.0 Å². The first-order valence-electron chi connectivity index (χ1n) is 7.41. The second-order valence-electron chi connectivity index (χ2n) is 6.19. The number of nitrogens with one attached hydrogen (secondary N) is 1. The molecular formula is C17H23N3O2. The van der Waals surface area contributed by atoms with Crippen molar-refractivity contribution in [3.8, 4) is 5.69 Å². The summed E-state index contributed by atoms with van der Waals surface area (Å²) in [6, 6.07) is 5.69. The molecule has 0 bridgehead atoms. The van der Waals surface area contributed by atoms with Gasteiger partial charge < -0.3 is 15.0 Å². The van der Waals surface area contributed by atoms with Crippen molar-refractivity contribution < 1.29 is 9.90 Å². The molecule has 0 saturated heterocycles. The number of hydrogen-bond acceptors (Lipinski definition) is 3. The van der Waals surface area contributed by atoms with Gasteiger partial charge in [-0.1, -0.05) is 25.5 Å². The summed E-state index contributed by atoms with van der Waals surface area (Å²) < 4.78 is 1.80. The Morgan fingerprint density at radius 2 is 2.18 bits per heavy atom. The molecule has 0 saturated carbocycles. The number of amides is 1. The quantitative estimate of drug-likeness (QED) is 0.890. The molecule has 1 heterocycles. The molecule has 2 aromatic rings. The fraction of sp³-hybridized carbons (Fsp3) is 0.412. The minimum absolute atomic E-state index is 0.0541. The molecule has 0 aliphatic heterocycles. The summed E-state index contributed by atoms with van der Waals surface area (Å²) in [5.41, 5.74) is 1.40. The summed E-state index contributed by atoms with van der Waals surface area (Å²) in [4.78, 5) is 16.5. The van der Waals surface area contributed by atoms with E-state index in [4.69, 9.17) is 0 Å². The van der Waals surface area contributed by atoms with Gasteiger partial charge in [0.05, 0.1) is 23.2 Å². The van der Waals surface area contributed by atoms with Crippen LogP contribution in [0.4, 0.5) is 0 Å². The van der Waals surface area contributed by atoms with Crippen LogP contribution in [0.15, 0.2) is 36.9 Å². The lowest BCUT2D eigenvalue weighted by Crippen LogP contribution is -2.44. The zero-order valence-corrected chi connectivity index (χ0v) is 13.5. The van der Waals surface area contributed by atoms with E-state index in [0.29, 0.717) is 5.56 Å². The van der Waals surface area contributed by atoms with Crippen LogP contribution >= 0.6 is 0 Å². The Morgan fingerprint density at radius 3 is 2.77 bits per heavy atom. The third-order valence-corrected chi connectivity index (χ3v) is 4.03. The van der Waals surface area contributed by atoms with Gasteiger partial charge in [-0.2, -0.15) is 0 Å². The lowest BCUT2D eigenvalue weighted by Gasteiger charge is -2.28. The number of benzene rings is 1. The van der Waals surface area contributed by atoms with Crippen molar-refractivity contribution >= 4 is 5.91 Å². The second-order valence-corrected chi connectivity index (χ2v) is 6.19. The van der Waals surface area contributed by atoms with Crippen LogP contribution in [-0.4, -0.2) is 32.7 Å². The number of aryl methyl sites for hydroxylation is 1. The molecule has 1 atom stereocenters. The highest BCUT2D eigenvalue weighted by Gasteiger charge is 2.26. The molecule has 0 spiro atoms. The highest BCUT2D eigenvalue weighted by Crippen LogP contribution is 2.18. The molecule has 0 aliphatic rings. The van der Waals surface area contributed by atoms with Crippen molar-refractivity contribution in [1.29, 1.82) is 0 Å². The number of aromatic nitrogens is 2. The van der Waals surface area contributed by atoms with Gasteiger partial charge in [0.1, 0.15) is 0 Å². The molecule has 2 N–H and O–H groups in total. The summed E-state index contributed by atoms with van der Waals surface area (Å²) in [6.07, 6.45) is 5.13. The second kappa shape index (κ2) is 6.32. The van der Waals surface area contributed by atoms with E-state index < -0.39 is 5.60 Å². The van der Waals surface area contributed by atoms with E-state index in [1.54, 1.807) is 30.2 Å². The van der Waals surface area contributed by atoms with Crippen molar-refractivity contribution in [2.75, 3.05) is 6.54 Å². The Hall–Kier alpha value is -2.14. The molecule has 0 fully saturated rings. The number of carbonyl (C=O) groups excluding carboxylic acids is 1. The molecule has 1 unspecified atom stereocenters. The zero-order valence-electron chi connectivity index (χ0n) is 13.5. The lowest BCUT2D eigenvalue weighted by molar-refractivity contribution is 0.0142. The summed E-state index contributed by atoms with van der Waals surface area (Å²) in [5.74, 6) is -0.147. The van der Waals surface area contributed by atoms with Crippen LogP contribution in [0.1, 0.15) is 36.7 Å². The van der Waals surface area contributed by atoms with Gasteiger partial charge in [-0.3, -0.25) is 4.79 Å². The predicted molar refractivity (Wildman–Crippen MR) is 86.1 cm³/mol. The van der Waals surface area contributed by atoms with Crippen LogP contribution in [0, 0.1) is 12.8 Å². The van der Waals surface area contributed by atoms with Crippen LogP contribution in [0.2, 0.25) is 0 Å². The van der Waals surface area contributed by atoms with Crippen LogP contribution in [-0.2, 0) is 0 Å². The minimum Gasteiger partial charge on any atom is -0.388 e. The van der Waals surface area contributed by atoms with Crippen molar-refractivity contribution in [2.45, 2.75) is 33.3 Å². The molecule has 0 radical (unpaired) electrons. The molecule has 1 amide bonds. The van der Waals surface area contributed by atoms with Crippen molar-refractivity contribution in [1.82, 2.24) is 14.9 Å². The fourth-order valence-electron chi connectivity index (χ4n) is 2.02. The van der Waals surface area contributed by atoms with Gasteiger partial charge in [0.15, 0.2) is 0 Å². The molecular weight excluding hydrogens is 278 g/mol. The first-order chi connectivity index (χ1) is 10.3. The molecule has 22 heavy (non-hydrogen) atoms. The first-order valence-corrected chi connectivity index (χ1v) is 7.41. The zero-order chi connectivity index (χ0) is 16.3. The van der Waals surface area contributed by atoms with E-state index in [1.165, 1.54) is 0 Å². The average Bonchev–Trinajstić information content (AvgIpc) is 2.98. The maximum atomic E-state index is 12.5. The molecule has 2 rings (SSSR count). The van der Waals surface area contributed by atoms with Gasteiger partial charge in [-0.05, 0) is 31.9 Å².